The van der Waals surface area contributed by atoms with Crippen LogP contribution < -0.4 is 16.0 Å². The Morgan fingerprint density at radius 2 is 1.67 bits per heavy atom. The van der Waals surface area contributed by atoms with Gasteiger partial charge in [-0.1, -0.05) is 46.8 Å². The van der Waals surface area contributed by atoms with Gasteiger partial charge in [0, 0.05) is 20.0 Å². The van der Waals surface area contributed by atoms with Crippen LogP contribution in [0.1, 0.15) is 60.8 Å². The Balaban J connectivity index is 2.28. The smallest absolute Gasteiger partial charge is 0.289 e. The number of nitrogens with zero attached hydrogens (tertiary/aromatic N) is 1. The van der Waals surface area contributed by atoms with Crippen molar-refractivity contribution < 1.29 is 24.0 Å². The number of nitrogens with one attached hydrogen (secondary N) is 3. The highest BCUT2D eigenvalue weighted by molar-refractivity contribution is 6.38. The molecular weight excluding hydrogens is 460 g/mol. The second-order valence-corrected chi connectivity index (χ2v) is 11.5. The maximum atomic E-state index is 13.6. The molecule has 0 aromatic rings. The summed E-state index contributed by atoms with van der Waals surface area (Å²) in [4.78, 5) is 65.9. The van der Waals surface area contributed by atoms with Crippen LogP contribution in [0.25, 0.3) is 0 Å². The fraction of sp³-hybridized carbons (Fsp3) is 0.667. The molecule has 1 saturated carbocycles. The van der Waals surface area contributed by atoms with Gasteiger partial charge in [0.1, 0.15) is 12.1 Å². The van der Waals surface area contributed by atoms with Crippen LogP contribution in [0.3, 0.4) is 0 Å². The van der Waals surface area contributed by atoms with Crippen molar-refractivity contribution in [3.05, 3.63) is 25.3 Å². The summed E-state index contributed by atoms with van der Waals surface area (Å²) in [5, 5.41) is 8.06. The number of carbonyl (C=O) groups excluding carboxylic acids is 5. The molecule has 9 nitrogen and oxygen atoms in total. The van der Waals surface area contributed by atoms with Crippen LogP contribution in [-0.2, 0) is 24.0 Å². The van der Waals surface area contributed by atoms with E-state index in [1.54, 1.807) is 17.1 Å². The Morgan fingerprint density at radius 3 is 2.19 bits per heavy atom. The first kappa shape index (κ1) is 29.3. The first-order valence-electron chi connectivity index (χ1n) is 12.6. The molecule has 0 aromatic carbocycles. The number of fused-ring (bicyclic) bond motifs is 1. The largest absolute Gasteiger partial charge is 0.349 e. The van der Waals surface area contributed by atoms with Gasteiger partial charge in [-0.15, -0.1) is 13.2 Å². The molecule has 200 valence electrons. The number of Topliss-reactive ketones (excluding diaryl/α,β-unsaturated/α-hetero) is 1. The standard InChI is InChI=1S/C27H42N4O5/c1-9-11-13-18(21(33)24(35)28-14-12-10-2)30-23(34)20-19-17(27(19,7)8)15-31(20)25(36)22(26(4,5)6)29-16(3)32/h9-10,17-20,22H,1-2,11-15H2,3-8H3,(H,28,35)(H,29,32)(H,30,34)/t17-,18?,19-,20-,22+/m0/s1. The first-order chi connectivity index (χ1) is 16.7. The second-order valence-electron chi connectivity index (χ2n) is 11.5. The number of likely N-dealkylation sites (tertiary alicyclic amines) is 1. The lowest BCUT2D eigenvalue weighted by atomic mass is 9.85. The summed E-state index contributed by atoms with van der Waals surface area (Å²) in [6, 6.07) is -2.63. The normalized spacial score (nSPS) is 23.5. The van der Waals surface area contributed by atoms with Crippen LogP contribution in [0.15, 0.2) is 25.3 Å². The van der Waals surface area contributed by atoms with E-state index in [1.807, 2.05) is 20.8 Å². The van der Waals surface area contributed by atoms with Crippen LogP contribution >= 0.6 is 0 Å². The Bertz CT molecular complexity index is 920. The molecule has 0 spiro atoms. The lowest BCUT2D eigenvalue weighted by molar-refractivity contribution is -0.146. The Kier molecular flexibility index (Phi) is 9.26. The number of hydrogen-bond acceptors (Lipinski definition) is 5. The molecule has 3 N–H and O–H groups in total. The molecule has 1 aliphatic heterocycles. The zero-order valence-corrected chi connectivity index (χ0v) is 22.5. The van der Waals surface area contributed by atoms with E-state index in [2.05, 4.69) is 43.0 Å². The molecule has 0 bridgehead atoms. The fourth-order valence-corrected chi connectivity index (χ4v) is 5.17. The number of hydrogen-bond donors (Lipinski definition) is 3. The summed E-state index contributed by atoms with van der Waals surface area (Å²) in [5.74, 6) is -2.55. The van der Waals surface area contributed by atoms with E-state index in [4.69, 9.17) is 0 Å². The summed E-state index contributed by atoms with van der Waals surface area (Å²) in [5.41, 5.74) is -0.704. The summed E-state index contributed by atoms with van der Waals surface area (Å²) in [6.07, 6.45) is 4.42. The molecule has 9 heteroatoms. The van der Waals surface area contributed by atoms with Crippen molar-refractivity contribution in [2.24, 2.45) is 22.7 Å². The lowest BCUT2D eigenvalue weighted by Crippen LogP contribution is -2.60. The molecule has 2 aliphatic rings. The second kappa shape index (κ2) is 11.4. The average molecular weight is 503 g/mol. The molecule has 4 amide bonds. The number of piperidine rings is 1. The van der Waals surface area contributed by atoms with E-state index < -0.39 is 41.1 Å². The van der Waals surface area contributed by atoms with Crippen LogP contribution in [0, 0.1) is 22.7 Å². The number of amides is 4. The average Bonchev–Trinajstić information content (AvgIpc) is 3.11. The molecule has 1 heterocycles. The van der Waals surface area contributed by atoms with Crippen molar-refractivity contribution >= 4 is 29.4 Å². The minimum Gasteiger partial charge on any atom is -0.349 e. The molecular formula is C27H42N4O5. The molecule has 2 fully saturated rings. The monoisotopic (exact) mass is 502 g/mol. The van der Waals surface area contributed by atoms with Gasteiger partial charge in [-0.3, -0.25) is 24.0 Å². The van der Waals surface area contributed by atoms with E-state index in [9.17, 15) is 24.0 Å². The van der Waals surface area contributed by atoms with E-state index in [0.29, 0.717) is 19.4 Å². The van der Waals surface area contributed by atoms with Crippen LogP contribution in [0.5, 0.6) is 0 Å². The van der Waals surface area contributed by atoms with Crippen molar-refractivity contribution in [1.82, 2.24) is 20.9 Å². The van der Waals surface area contributed by atoms with Gasteiger partial charge >= 0.3 is 0 Å². The van der Waals surface area contributed by atoms with Crippen LogP contribution in [0.4, 0.5) is 0 Å². The first-order valence-corrected chi connectivity index (χ1v) is 12.6. The Labute approximate surface area is 214 Å². The molecule has 0 radical (unpaired) electrons. The van der Waals surface area contributed by atoms with E-state index >= 15 is 0 Å². The highest BCUT2D eigenvalue weighted by Gasteiger charge is 2.69. The Morgan fingerprint density at radius 1 is 1.06 bits per heavy atom. The highest BCUT2D eigenvalue weighted by Crippen LogP contribution is 2.65. The van der Waals surface area contributed by atoms with Gasteiger partial charge in [0.2, 0.25) is 23.5 Å². The van der Waals surface area contributed by atoms with E-state index in [-0.39, 0.29) is 42.0 Å². The van der Waals surface area contributed by atoms with Gasteiger partial charge < -0.3 is 20.9 Å². The van der Waals surface area contributed by atoms with Crippen molar-refractivity contribution in [2.75, 3.05) is 13.1 Å². The van der Waals surface area contributed by atoms with Gasteiger partial charge in [0.25, 0.3) is 5.91 Å². The van der Waals surface area contributed by atoms with Gasteiger partial charge in [-0.25, -0.2) is 0 Å². The maximum Gasteiger partial charge on any atom is 0.289 e. The minimum atomic E-state index is -1.04. The minimum absolute atomic E-state index is 0.0732. The summed E-state index contributed by atoms with van der Waals surface area (Å²) in [6.45, 7) is 19.0. The van der Waals surface area contributed by atoms with E-state index in [0.717, 1.165) is 0 Å². The number of rotatable bonds is 12. The Hall–Kier alpha value is -2.97. The summed E-state index contributed by atoms with van der Waals surface area (Å²) >= 11 is 0. The molecule has 2 rings (SSSR count). The summed E-state index contributed by atoms with van der Waals surface area (Å²) < 4.78 is 0. The third-order valence-electron chi connectivity index (χ3n) is 7.37. The van der Waals surface area contributed by atoms with Gasteiger partial charge in [-0.2, -0.15) is 0 Å². The molecule has 5 atom stereocenters. The molecule has 36 heavy (non-hydrogen) atoms. The predicted molar refractivity (Wildman–Crippen MR) is 138 cm³/mol. The van der Waals surface area contributed by atoms with Crippen LogP contribution in [-0.4, -0.2) is 65.5 Å². The fourth-order valence-electron chi connectivity index (χ4n) is 5.17. The van der Waals surface area contributed by atoms with Crippen molar-refractivity contribution in [1.29, 1.82) is 0 Å². The number of ketones is 1. The molecule has 1 saturated heterocycles. The van der Waals surface area contributed by atoms with Crippen molar-refractivity contribution in [2.45, 2.75) is 78.9 Å². The molecule has 1 unspecified atom stereocenters. The number of carbonyl (C=O) groups is 5. The zero-order chi connectivity index (χ0) is 27.4. The number of allylic oxidation sites excluding steroid dienone is 1. The predicted octanol–water partition coefficient (Wildman–Crippen LogP) is 1.73. The third-order valence-corrected chi connectivity index (χ3v) is 7.37. The van der Waals surface area contributed by atoms with E-state index in [1.165, 1.54) is 6.92 Å². The molecule has 0 aromatic heterocycles. The van der Waals surface area contributed by atoms with Gasteiger partial charge in [-0.05, 0) is 41.9 Å². The third kappa shape index (κ3) is 6.42. The topological polar surface area (TPSA) is 125 Å². The summed E-state index contributed by atoms with van der Waals surface area (Å²) in [7, 11) is 0. The van der Waals surface area contributed by atoms with Gasteiger partial charge in [0.15, 0.2) is 0 Å². The highest BCUT2D eigenvalue weighted by atomic mass is 16.2. The van der Waals surface area contributed by atoms with Crippen molar-refractivity contribution in [3.8, 4) is 0 Å². The SMILES string of the molecule is C=CCCNC(=O)C(=O)C(CCC=C)NC(=O)[C@@H]1[C@@H]2[C@H](CN1C(=O)[C@@H](NC(C)=O)C(C)(C)C)C2(C)C. The van der Waals surface area contributed by atoms with Crippen molar-refractivity contribution in [3.63, 3.8) is 0 Å². The molecule has 1 aliphatic carbocycles. The lowest BCUT2D eigenvalue weighted by Gasteiger charge is -2.37. The maximum absolute atomic E-state index is 13.6. The quantitative estimate of drug-likeness (QED) is 0.213. The zero-order valence-electron chi connectivity index (χ0n) is 22.5. The van der Waals surface area contributed by atoms with Gasteiger partial charge in [0.05, 0.1) is 6.04 Å². The van der Waals surface area contributed by atoms with Crippen LogP contribution in [0.2, 0.25) is 0 Å².